The molecule has 4 nitrogen and oxygen atoms in total. The number of benzene rings is 3. The zero-order valence-electron chi connectivity index (χ0n) is 18.3. The van der Waals surface area contributed by atoms with E-state index in [9.17, 15) is 0 Å². The molecule has 33 heavy (non-hydrogen) atoms. The molecule has 0 saturated carbocycles. The average molecular weight is 498 g/mol. The van der Waals surface area contributed by atoms with Gasteiger partial charge in [0, 0.05) is 33.3 Å². The van der Waals surface area contributed by atoms with E-state index in [0.29, 0.717) is 15.2 Å². The lowest BCUT2D eigenvalue weighted by Crippen LogP contribution is -2.40. The number of halogens is 2. The number of hydrogen-bond acceptors (Lipinski definition) is 3. The summed E-state index contributed by atoms with van der Waals surface area (Å²) in [5.74, 6) is 0.0495. The van der Waals surface area contributed by atoms with E-state index in [0.717, 1.165) is 22.5 Å². The van der Waals surface area contributed by atoms with Crippen LogP contribution in [0, 0.1) is 11.8 Å². The number of rotatable bonds is 4. The van der Waals surface area contributed by atoms with Crippen molar-refractivity contribution < 1.29 is 4.74 Å². The molecule has 4 rings (SSSR count). The first-order chi connectivity index (χ1) is 15.9. The Hall–Kier alpha value is -2.44. The summed E-state index contributed by atoms with van der Waals surface area (Å²) in [5.41, 5.74) is 7.03. The molecule has 1 heterocycles. The van der Waals surface area contributed by atoms with E-state index in [4.69, 9.17) is 45.3 Å². The number of hydrazone groups is 1. The van der Waals surface area contributed by atoms with Crippen LogP contribution in [-0.4, -0.2) is 10.8 Å². The molecule has 2 N–H and O–H groups in total. The fourth-order valence-corrected chi connectivity index (χ4v) is 4.57. The van der Waals surface area contributed by atoms with Crippen LogP contribution in [-0.2, 0) is 4.74 Å². The number of nitrogens with zero attached hydrogens (tertiary/aromatic N) is 1. The van der Waals surface area contributed by atoms with Crippen LogP contribution in [0.5, 0.6) is 0 Å². The summed E-state index contributed by atoms with van der Waals surface area (Å²) in [4.78, 5) is 0. The molecule has 1 aliphatic heterocycles. The first kappa shape index (κ1) is 23.7. The van der Waals surface area contributed by atoms with Gasteiger partial charge in [0.15, 0.2) is 5.11 Å². The van der Waals surface area contributed by atoms with Crippen LogP contribution in [0.1, 0.15) is 37.2 Å². The Bertz CT molecular complexity index is 1060. The molecule has 0 radical (unpaired) electrons. The summed E-state index contributed by atoms with van der Waals surface area (Å²) in [6.45, 7) is 4.25. The molecule has 0 bridgehead atoms. The summed E-state index contributed by atoms with van der Waals surface area (Å²) < 4.78 is 6.65. The summed E-state index contributed by atoms with van der Waals surface area (Å²) in [5, 5.41) is 9.74. The minimum atomic E-state index is -0.185. The Morgan fingerprint density at radius 3 is 1.76 bits per heavy atom. The Balaban J connectivity index is 1.62. The van der Waals surface area contributed by atoms with Crippen LogP contribution in [0.15, 0.2) is 84.0 Å². The Labute approximate surface area is 210 Å². The Kier molecular flexibility index (Phi) is 7.66. The van der Waals surface area contributed by atoms with Crippen molar-refractivity contribution in [3.8, 4) is 0 Å². The lowest BCUT2D eigenvalue weighted by atomic mass is 9.79. The molecule has 1 aliphatic rings. The van der Waals surface area contributed by atoms with Gasteiger partial charge in [0.25, 0.3) is 0 Å². The van der Waals surface area contributed by atoms with E-state index < -0.39 is 0 Å². The summed E-state index contributed by atoms with van der Waals surface area (Å²) in [7, 11) is 0. The SMILES string of the molecule is C[C@@H]1C(=NNC(=S)Nc2ccccc2)[C@@H](C)[C@H](c2ccc(Cl)cc2)O[C@@H]1c1ccc(Cl)cc1. The van der Waals surface area contributed by atoms with Gasteiger partial charge in [0.2, 0.25) is 0 Å². The molecule has 0 spiro atoms. The molecule has 3 aromatic rings. The zero-order valence-corrected chi connectivity index (χ0v) is 20.7. The van der Waals surface area contributed by atoms with Crippen LogP contribution in [0.2, 0.25) is 10.0 Å². The number of para-hydroxylation sites is 1. The fraction of sp³-hybridized carbons (Fsp3) is 0.231. The highest BCUT2D eigenvalue weighted by Crippen LogP contribution is 2.44. The molecule has 0 unspecified atom stereocenters. The maximum absolute atomic E-state index is 6.65. The molecular formula is C26H25Cl2N3OS. The van der Waals surface area contributed by atoms with Gasteiger partial charge < -0.3 is 10.1 Å². The number of hydrogen-bond donors (Lipinski definition) is 2. The summed E-state index contributed by atoms with van der Waals surface area (Å²) >= 11 is 17.7. The highest BCUT2D eigenvalue weighted by atomic mass is 35.5. The van der Waals surface area contributed by atoms with Crippen molar-refractivity contribution in [2.45, 2.75) is 26.1 Å². The molecule has 4 atom stereocenters. The lowest BCUT2D eigenvalue weighted by molar-refractivity contribution is -0.0638. The van der Waals surface area contributed by atoms with Gasteiger partial charge in [-0.25, -0.2) is 0 Å². The maximum Gasteiger partial charge on any atom is 0.191 e. The van der Waals surface area contributed by atoms with Crippen LogP contribution >= 0.6 is 35.4 Å². The third-order valence-corrected chi connectivity index (χ3v) is 6.55. The molecular weight excluding hydrogens is 473 g/mol. The second kappa shape index (κ2) is 10.7. The molecule has 1 fully saturated rings. The minimum Gasteiger partial charge on any atom is -0.364 e. The fourth-order valence-electron chi connectivity index (χ4n) is 4.16. The van der Waals surface area contributed by atoms with Gasteiger partial charge in [-0.1, -0.05) is 79.5 Å². The van der Waals surface area contributed by atoms with Crippen molar-refractivity contribution >= 4 is 51.9 Å². The summed E-state index contributed by atoms with van der Waals surface area (Å²) in [6, 6.07) is 25.3. The molecule has 3 aromatic carbocycles. The van der Waals surface area contributed by atoms with Crippen LogP contribution in [0.4, 0.5) is 5.69 Å². The first-order valence-electron chi connectivity index (χ1n) is 10.8. The average Bonchev–Trinajstić information content (AvgIpc) is 2.81. The van der Waals surface area contributed by atoms with E-state index in [2.05, 4.69) is 24.6 Å². The monoisotopic (exact) mass is 497 g/mol. The molecule has 7 heteroatoms. The Morgan fingerprint density at radius 1 is 0.788 bits per heavy atom. The van der Waals surface area contributed by atoms with Crippen LogP contribution < -0.4 is 10.7 Å². The van der Waals surface area contributed by atoms with Crippen molar-refractivity contribution in [1.82, 2.24) is 5.43 Å². The number of anilines is 1. The number of ether oxygens (including phenoxy) is 1. The van der Waals surface area contributed by atoms with Crippen molar-refractivity contribution in [3.63, 3.8) is 0 Å². The molecule has 1 saturated heterocycles. The van der Waals surface area contributed by atoms with Gasteiger partial charge in [-0.2, -0.15) is 5.10 Å². The smallest absolute Gasteiger partial charge is 0.191 e. The second-order valence-electron chi connectivity index (χ2n) is 8.13. The van der Waals surface area contributed by atoms with Gasteiger partial charge >= 0.3 is 0 Å². The predicted octanol–water partition coefficient (Wildman–Crippen LogP) is 7.42. The maximum atomic E-state index is 6.65. The first-order valence-corrected chi connectivity index (χ1v) is 11.9. The third-order valence-electron chi connectivity index (χ3n) is 5.85. The molecule has 0 aromatic heterocycles. The van der Waals surface area contributed by atoms with Gasteiger partial charge in [-0.05, 0) is 59.7 Å². The van der Waals surface area contributed by atoms with E-state index in [1.807, 2.05) is 78.9 Å². The summed E-state index contributed by atoms with van der Waals surface area (Å²) in [6.07, 6.45) is -0.370. The van der Waals surface area contributed by atoms with Gasteiger partial charge in [-0.15, -0.1) is 0 Å². The van der Waals surface area contributed by atoms with Crippen molar-refractivity contribution in [3.05, 3.63) is 100 Å². The highest BCUT2D eigenvalue weighted by Gasteiger charge is 2.40. The predicted molar refractivity (Wildman–Crippen MR) is 141 cm³/mol. The molecule has 0 aliphatic carbocycles. The third kappa shape index (κ3) is 5.74. The van der Waals surface area contributed by atoms with Gasteiger partial charge in [0.1, 0.15) is 0 Å². The van der Waals surface area contributed by atoms with Gasteiger partial charge in [0.05, 0.1) is 12.2 Å². The molecule has 170 valence electrons. The number of thiocarbonyl (C=S) groups is 1. The zero-order chi connectivity index (χ0) is 23.4. The van der Waals surface area contributed by atoms with Crippen LogP contribution in [0.3, 0.4) is 0 Å². The van der Waals surface area contributed by atoms with E-state index in [1.165, 1.54) is 0 Å². The van der Waals surface area contributed by atoms with Crippen molar-refractivity contribution in [2.75, 3.05) is 5.32 Å². The quantitative estimate of drug-likeness (QED) is 0.290. The Morgan fingerprint density at radius 2 is 1.27 bits per heavy atom. The van der Waals surface area contributed by atoms with Crippen molar-refractivity contribution in [1.29, 1.82) is 0 Å². The highest BCUT2D eigenvalue weighted by molar-refractivity contribution is 7.80. The van der Waals surface area contributed by atoms with Crippen molar-refractivity contribution in [2.24, 2.45) is 16.9 Å². The van der Waals surface area contributed by atoms with Crippen LogP contribution in [0.25, 0.3) is 0 Å². The van der Waals surface area contributed by atoms with Gasteiger partial charge in [-0.3, -0.25) is 5.43 Å². The molecule has 0 amide bonds. The standard InChI is InChI=1S/C26H25Cl2N3OS/c1-16-23(30-31-26(33)29-22-6-4-3-5-7-22)17(2)25(19-10-14-21(28)15-11-19)32-24(16)18-8-12-20(27)13-9-18/h3-17,24-25H,1-2H3,(H2,29,31,33)/t16-,17-,24-,25+/m1/s1. The topological polar surface area (TPSA) is 45.7 Å². The lowest BCUT2D eigenvalue weighted by Gasteiger charge is -2.40. The second-order valence-corrected chi connectivity index (χ2v) is 9.41. The van der Waals surface area contributed by atoms with E-state index in [-0.39, 0.29) is 24.0 Å². The normalized spacial score (nSPS) is 23.8. The number of nitrogens with one attached hydrogen (secondary N) is 2. The van der Waals surface area contributed by atoms with E-state index >= 15 is 0 Å². The largest absolute Gasteiger partial charge is 0.364 e. The minimum absolute atomic E-state index is 0.0248. The van der Waals surface area contributed by atoms with E-state index in [1.54, 1.807) is 0 Å².